The molecule has 3 heterocycles. The number of carbonyl (C=O) groups excluding carboxylic acids is 1. The molecule has 0 spiro atoms. The van der Waals surface area contributed by atoms with E-state index in [2.05, 4.69) is 15.1 Å². The van der Waals surface area contributed by atoms with Gasteiger partial charge < -0.3 is 9.64 Å². The SMILES string of the molecule is O=C(Cn1cncn1)N1CCC[C@H](Oc2ccncc2)C1. The van der Waals surface area contributed by atoms with Crippen LogP contribution in [0.3, 0.4) is 0 Å². The summed E-state index contributed by atoms with van der Waals surface area (Å²) < 4.78 is 7.44. The van der Waals surface area contributed by atoms with Gasteiger partial charge in [0.05, 0.1) is 6.54 Å². The first-order valence-electron chi connectivity index (χ1n) is 6.98. The number of pyridine rings is 1. The monoisotopic (exact) mass is 287 g/mol. The molecule has 1 fully saturated rings. The molecule has 0 saturated carbocycles. The summed E-state index contributed by atoms with van der Waals surface area (Å²) in [5.41, 5.74) is 0. The zero-order valence-electron chi connectivity index (χ0n) is 11.6. The van der Waals surface area contributed by atoms with Gasteiger partial charge in [-0.3, -0.25) is 9.78 Å². The number of aromatic nitrogens is 4. The summed E-state index contributed by atoms with van der Waals surface area (Å²) >= 11 is 0. The van der Waals surface area contributed by atoms with Crippen LogP contribution in [0.25, 0.3) is 0 Å². The third-order valence-electron chi connectivity index (χ3n) is 3.45. The van der Waals surface area contributed by atoms with Gasteiger partial charge in [-0.25, -0.2) is 9.67 Å². The maximum Gasteiger partial charge on any atom is 0.244 e. The Morgan fingerprint density at radius 2 is 2.19 bits per heavy atom. The molecule has 0 aromatic carbocycles. The van der Waals surface area contributed by atoms with Crippen LogP contribution < -0.4 is 4.74 Å². The number of carbonyl (C=O) groups is 1. The summed E-state index contributed by atoms with van der Waals surface area (Å²) in [6, 6.07) is 3.66. The molecule has 2 aromatic heterocycles. The molecule has 3 rings (SSSR count). The first-order valence-corrected chi connectivity index (χ1v) is 6.98. The van der Waals surface area contributed by atoms with Gasteiger partial charge in [-0.05, 0) is 25.0 Å². The van der Waals surface area contributed by atoms with Gasteiger partial charge in [0.15, 0.2) is 0 Å². The van der Waals surface area contributed by atoms with E-state index in [-0.39, 0.29) is 18.6 Å². The van der Waals surface area contributed by atoms with Gasteiger partial charge in [-0.2, -0.15) is 5.10 Å². The maximum atomic E-state index is 12.2. The zero-order valence-corrected chi connectivity index (χ0v) is 11.6. The van der Waals surface area contributed by atoms with E-state index in [1.54, 1.807) is 18.7 Å². The number of rotatable bonds is 4. The number of hydrogen-bond donors (Lipinski definition) is 0. The molecular formula is C14H17N5O2. The third-order valence-corrected chi connectivity index (χ3v) is 3.45. The highest BCUT2D eigenvalue weighted by molar-refractivity contribution is 5.76. The lowest BCUT2D eigenvalue weighted by Gasteiger charge is -2.32. The van der Waals surface area contributed by atoms with Crippen LogP contribution in [0.5, 0.6) is 5.75 Å². The molecule has 21 heavy (non-hydrogen) atoms. The molecule has 0 aliphatic carbocycles. The predicted molar refractivity (Wildman–Crippen MR) is 74.5 cm³/mol. The largest absolute Gasteiger partial charge is 0.488 e. The van der Waals surface area contributed by atoms with Gasteiger partial charge in [0.25, 0.3) is 0 Å². The summed E-state index contributed by atoms with van der Waals surface area (Å²) in [4.78, 5) is 21.9. The fourth-order valence-corrected chi connectivity index (χ4v) is 2.42. The predicted octanol–water partition coefficient (Wildman–Crippen LogP) is 0.743. The van der Waals surface area contributed by atoms with E-state index in [1.807, 2.05) is 17.0 Å². The van der Waals surface area contributed by atoms with Gasteiger partial charge in [0.1, 0.15) is 31.1 Å². The second kappa shape index (κ2) is 6.34. The molecule has 1 saturated heterocycles. The summed E-state index contributed by atoms with van der Waals surface area (Å²) in [5.74, 6) is 0.837. The van der Waals surface area contributed by atoms with Gasteiger partial charge in [-0.15, -0.1) is 0 Å². The van der Waals surface area contributed by atoms with Gasteiger partial charge >= 0.3 is 0 Å². The second-order valence-electron chi connectivity index (χ2n) is 5.00. The smallest absolute Gasteiger partial charge is 0.244 e. The Morgan fingerprint density at radius 3 is 2.95 bits per heavy atom. The van der Waals surface area contributed by atoms with E-state index in [1.165, 1.54) is 11.0 Å². The number of ether oxygens (including phenoxy) is 1. The van der Waals surface area contributed by atoms with Crippen LogP contribution in [-0.2, 0) is 11.3 Å². The van der Waals surface area contributed by atoms with E-state index < -0.39 is 0 Å². The first-order chi connectivity index (χ1) is 10.3. The van der Waals surface area contributed by atoms with Crippen molar-refractivity contribution in [2.75, 3.05) is 13.1 Å². The van der Waals surface area contributed by atoms with Crippen molar-refractivity contribution in [1.82, 2.24) is 24.6 Å². The van der Waals surface area contributed by atoms with E-state index in [9.17, 15) is 4.79 Å². The Balaban J connectivity index is 1.56. The summed E-state index contributed by atoms with van der Waals surface area (Å²) in [6.45, 7) is 1.60. The van der Waals surface area contributed by atoms with Crippen LogP contribution >= 0.6 is 0 Å². The summed E-state index contributed by atoms with van der Waals surface area (Å²) in [5, 5.41) is 3.96. The number of amides is 1. The molecule has 0 bridgehead atoms. The molecule has 0 N–H and O–H groups in total. The molecule has 1 atom stereocenters. The molecule has 0 radical (unpaired) electrons. The van der Waals surface area contributed by atoms with Crippen molar-refractivity contribution in [1.29, 1.82) is 0 Å². The molecule has 0 unspecified atom stereocenters. The highest BCUT2D eigenvalue weighted by Gasteiger charge is 2.25. The van der Waals surface area contributed by atoms with Crippen molar-refractivity contribution in [2.24, 2.45) is 0 Å². The minimum absolute atomic E-state index is 0.0286. The number of likely N-dealkylation sites (tertiary alicyclic amines) is 1. The van der Waals surface area contributed by atoms with E-state index in [4.69, 9.17) is 4.74 Å². The molecular weight excluding hydrogens is 270 g/mol. The minimum atomic E-state index is 0.0286. The lowest BCUT2D eigenvalue weighted by atomic mass is 10.1. The molecule has 1 aliphatic heterocycles. The molecule has 1 amide bonds. The highest BCUT2D eigenvalue weighted by atomic mass is 16.5. The zero-order chi connectivity index (χ0) is 14.5. The standard InChI is InChI=1S/C14H17N5O2/c20-14(9-19-11-16-10-17-19)18-7-1-2-13(8-18)21-12-3-5-15-6-4-12/h3-6,10-11,13H,1-2,7-9H2/t13-/m0/s1. The Hall–Kier alpha value is -2.44. The highest BCUT2D eigenvalue weighted by Crippen LogP contribution is 2.17. The normalized spacial score (nSPS) is 18.5. The Morgan fingerprint density at radius 1 is 1.33 bits per heavy atom. The number of piperidine rings is 1. The van der Waals surface area contributed by atoms with Crippen LogP contribution in [0.15, 0.2) is 37.2 Å². The van der Waals surface area contributed by atoms with Crippen molar-refractivity contribution >= 4 is 5.91 Å². The Kier molecular flexibility index (Phi) is 4.09. The van der Waals surface area contributed by atoms with Crippen LogP contribution in [0.4, 0.5) is 0 Å². The summed E-state index contributed by atoms with van der Waals surface area (Å²) in [7, 11) is 0. The molecule has 2 aromatic rings. The first kappa shape index (κ1) is 13.5. The molecule has 1 aliphatic rings. The third kappa shape index (κ3) is 3.56. The molecule has 110 valence electrons. The minimum Gasteiger partial charge on any atom is -0.488 e. The summed E-state index contributed by atoms with van der Waals surface area (Å²) in [6.07, 6.45) is 8.30. The van der Waals surface area contributed by atoms with Crippen molar-refractivity contribution in [3.8, 4) is 5.75 Å². The Bertz CT molecular complexity index is 572. The molecule has 7 nitrogen and oxygen atoms in total. The van der Waals surface area contributed by atoms with Crippen molar-refractivity contribution in [3.63, 3.8) is 0 Å². The fourth-order valence-electron chi connectivity index (χ4n) is 2.42. The van der Waals surface area contributed by atoms with Crippen LogP contribution in [-0.4, -0.2) is 49.7 Å². The van der Waals surface area contributed by atoms with Crippen LogP contribution in [0.1, 0.15) is 12.8 Å². The molecule has 7 heteroatoms. The maximum absolute atomic E-state index is 12.2. The average Bonchev–Trinajstić information content (AvgIpc) is 3.01. The lowest BCUT2D eigenvalue weighted by Crippen LogP contribution is -2.45. The topological polar surface area (TPSA) is 73.1 Å². The Labute approximate surface area is 122 Å². The number of nitrogens with zero attached hydrogens (tertiary/aromatic N) is 5. The number of hydrogen-bond acceptors (Lipinski definition) is 5. The van der Waals surface area contributed by atoms with Gasteiger partial charge in [0.2, 0.25) is 5.91 Å². The van der Waals surface area contributed by atoms with Crippen LogP contribution in [0.2, 0.25) is 0 Å². The quantitative estimate of drug-likeness (QED) is 0.829. The average molecular weight is 287 g/mol. The second-order valence-corrected chi connectivity index (χ2v) is 5.00. The van der Waals surface area contributed by atoms with Crippen molar-refractivity contribution < 1.29 is 9.53 Å². The van der Waals surface area contributed by atoms with E-state index in [0.29, 0.717) is 6.54 Å². The van der Waals surface area contributed by atoms with Crippen molar-refractivity contribution in [2.45, 2.75) is 25.5 Å². The van der Waals surface area contributed by atoms with Crippen LogP contribution in [0, 0.1) is 0 Å². The van der Waals surface area contributed by atoms with Crippen molar-refractivity contribution in [3.05, 3.63) is 37.2 Å². The van der Waals surface area contributed by atoms with E-state index >= 15 is 0 Å². The van der Waals surface area contributed by atoms with E-state index in [0.717, 1.165) is 25.1 Å². The van der Waals surface area contributed by atoms with Gasteiger partial charge in [-0.1, -0.05) is 0 Å². The fraction of sp³-hybridized carbons (Fsp3) is 0.429. The van der Waals surface area contributed by atoms with Gasteiger partial charge in [0, 0.05) is 18.9 Å². The lowest BCUT2D eigenvalue weighted by molar-refractivity contribution is -0.134.